The summed E-state index contributed by atoms with van der Waals surface area (Å²) in [6.45, 7) is 0. The molecule has 0 aliphatic rings. The van der Waals surface area contributed by atoms with Gasteiger partial charge in [0.25, 0.3) is 0 Å². The molecule has 24 heavy (non-hydrogen) atoms. The van der Waals surface area contributed by atoms with Crippen LogP contribution in [-0.2, 0) is 0 Å². The molecular formula is C17H11ClN4O2. The Morgan fingerprint density at radius 3 is 2.54 bits per heavy atom. The van der Waals surface area contributed by atoms with Crippen molar-refractivity contribution in [3.8, 4) is 28.4 Å². The molecular weight excluding hydrogens is 328 g/mol. The first-order chi connectivity index (χ1) is 11.6. The maximum absolute atomic E-state index is 12.2. The molecule has 0 fully saturated rings. The molecule has 0 radical (unpaired) electrons. The van der Waals surface area contributed by atoms with Crippen LogP contribution in [0, 0.1) is 5.21 Å². The van der Waals surface area contributed by atoms with Crippen molar-refractivity contribution in [1.82, 2.24) is 14.5 Å². The summed E-state index contributed by atoms with van der Waals surface area (Å²) in [7, 11) is 0. The zero-order valence-corrected chi connectivity index (χ0v) is 13.1. The number of aromatic hydroxyl groups is 1. The molecule has 0 amide bonds. The molecule has 0 spiro atoms. The van der Waals surface area contributed by atoms with Crippen LogP contribution in [0.25, 0.3) is 28.2 Å². The van der Waals surface area contributed by atoms with Gasteiger partial charge in [0.2, 0.25) is 5.65 Å². The van der Waals surface area contributed by atoms with E-state index in [4.69, 9.17) is 11.6 Å². The molecule has 6 nitrogen and oxygen atoms in total. The summed E-state index contributed by atoms with van der Waals surface area (Å²) in [5.74, 6) is -0.436. The maximum Gasteiger partial charge on any atom is 0.415 e. The van der Waals surface area contributed by atoms with Crippen LogP contribution in [0.2, 0.25) is 5.02 Å². The second-order valence-corrected chi connectivity index (χ2v) is 5.61. The van der Waals surface area contributed by atoms with Crippen LogP contribution in [-0.4, -0.2) is 19.6 Å². The van der Waals surface area contributed by atoms with E-state index in [0.29, 0.717) is 32.5 Å². The van der Waals surface area contributed by atoms with Crippen LogP contribution in [0.4, 0.5) is 0 Å². The average Bonchev–Trinajstić information content (AvgIpc) is 2.87. The highest BCUT2D eigenvalue weighted by atomic mass is 35.5. The maximum atomic E-state index is 12.2. The van der Waals surface area contributed by atoms with Gasteiger partial charge in [-0.25, -0.2) is 4.98 Å². The van der Waals surface area contributed by atoms with Crippen molar-refractivity contribution < 1.29 is 9.95 Å². The largest absolute Gasteiger partial charge is 0.593 e. The van der Waals surface area contributed by atoms with Gasteiger partial charge in [-0.15, -0.1) is 0 Å². The predicted molar refractivity (Wildman–Crippen MR) is 89.5 cm³/mol. The third-order valence-electron chi connectivity index (χ3n) is 3.70. The molecule has 0 unspecified atom stereocenters. The fourth-order valence-electron chi connectivity index (χ4n) is 2.55. The number of nitrogens with zero attached hydrogens (tertiary/aromatic N) is 4. The van der Waals surface area contributed by atoms with Gasteiger partial charge in [-0.1, -0.05) is 34.3 Å². The van der Waals surface area contributed by atoms with Gasteiger partial charge in [-0.3, -0.25) is 4.98 Å². The van der Waals surface area contributed by atoms with E-state index in [2.05, 4.69) is 9.97 Å². The Labute approximate surface area is 141 Å². The minimum atomic E-state index is -0.436. The monoisotopic (exact) mass is 338 g/mol. The van der Waals surface area contributed by atoms with Crippen molar-refractivity contribution in [2.75, 3.05) is 0 Å². The Morgan fingerprint density at radius 2 is 1.83 bits per heavy atom. The molecule has 3 heterocycles. The Bertz CT molecular complexity index is 1030. The van der Waals surface area contributed by atoms with E-state index >= 15 is 0 Å². The lowest BCUT2D eigenvalue weighted by Crippen LogP contribution is -2.32. The van der Waals surface area contributed by atoms with E-state index in [-0.39, 0.29) is 0 Å². The fourth-order valence-corrected chi connectivity index (χ4v) is 2.68. The minimum Gasteiger partial charge on any atom is -0.593 e. The summed E-state index contributed by atoms with van der Waals surface area (Å²) in [4.78, 5) is 9.12. The SMILES string of the molecule is [O-][n+]1c(O)c(-c2ccccn2)c2nc(-c3ccc(Cl)cc3)ccn21. The highest BCUT2D eigenvalue weighted by Crippen LogP contribution is 2.30. The summed E-state index contributed by atoms with van der Waals surface area (Å²) in [6.07, 6.45) is 3.15. The third-order valence-corrected chi connectivity index (χ3v) is 3.95. The average molecular weight is 339 g/mol. The van der Waals surface area contributed by atoms with Crippen LogP contribution in [0.15, 0.2) is 60.9 Å². The summed E-state index contributed by atoms with van der Waals surface area (Å²) in [6, 6.07) is 14.2. The van der Waals surface area contributed by atoms with Crippen molar-refractivity contribution in [1.29, 1.82) is 0 Å². The van der Waals surface area contributed by atoms with E-state index in [1.54, 1.807) is 48.8 Å². The molecule has 4 rings (SSSR count). The molecule has 1 aromatic carbocycles. The molecule has 7 heteroatoms. The number of fused-ring (bicyclic) bond motifs is 1. The van der Waals surface area contributed by atoms with Gasteiger partial charge in [0.05, 0.1) is 17.6 Å². The number of aromatic nitrogens is 4. The lowest BCUT2D eigenvalue weighted by molar-refractivity contribution is -0.682. The third kappa shape index (κ3) is 2.24. The van der Waals surface area contributed by atoms with Gasteiger partial charge >= 0.3 is 5.88 Å². The van der Waals surface area contributed by atoms with Crippen molar-refractivity contribution in [2.45, 2.75) is 0 Å². The Balaban J connectivity index is 1.97. The first-order valence-electron chi connectivity index (χ1n) is 7.16. The molecule has 3 aromatic heterocycles. The molecule has 1 N–H and O–H groups in total. The number of pyridine rings is 1. The van der Waals surface area contributed by atoms with E-state index in [1.807, 2.05) is 12.1 Å². The molecule has 0 aliphatic heterocycles. The van der Waals surface area contributed by atoms with Crippen LogP contribution in [0.3, 0.4) is 0 Å². The number of hydrogen-bond donors (Lipinski definition) is 1. The van der Waals surface area contributed by atoms with Crippen LogP contribution < -0.4 is 4.85 Å². The molecule has 0 saturated carbocycles. The minimum absolute atomic E-state index is 0.293. The second-order valence-electron chi connectivity index (χ2n) is 5.17. The normalized spacial score (nSPS) is 11.0. The van der Waals surface area contributed by atoms with Crippen LogP contribution in [0.5, 0.6) is 5.88 Å². The van der Waals surface area contributed by atoms with Gasteiger partial charge in [-0.2, -0.15) is 0 Å². The number of hydrogen-bond acceptors (Lipinski definition) is 4. The Morgan fingerprint density at radius 1 is 1.04 bits per heavy atom. The van der Waals surface area contributed by atoms with Crippen molar-refractivity contribution in [3.05, 3.63) is 71.2 Å². The summed E-state index contributed by atoms with van der Waals surface area (Å²) in [5, 5.41) is 23.0. The molecule has 0 atom stereocenters. The van der Waals surface area contributed by atoms with Gasteiger partial charge in [0, 0.05) is 16.8 Å². The second kappa shape index (κ2) is 5.50. The smallest absolute Gasteiger partial charge is 0.415 e. The fraction of sp³-hybridized carbons (Fsp3) is 0. The zero-order chi connectivity index (χ0) is 16.7. The lowest BCUT2D eigenvalue weighted by atomic mass is 10.1. The summed E-state index contributed by atoms with van der Waals surface area (Å²) >= 11 is 5.91. The standard InChI is InChI=1S/C17H11ClN4O2/c18-12-6-4-11(5-7-12)13-8-10-21-16(20-13)15(17(23)22(21)24)14-3-1-2-9-19-14/h1-10,23H. The molecule has 118 valence electrons. The quantitative estimate of drug-likeness (QED) is 0.450. The first kappa shape index (κ1) is 14.5. The summed E-state index contributed by atoms with van der Waals surface area (Å²) < 4.78 is 1.23. The first-order valence-corrected chi connectivity index (χ1v) is 7.54. The Kier molecular flexibility index (Phi) is 3.32. The van der Waals surface area contributed by atoms with Crippen LogP contribution >= 0.6 is 11.6 Å². The van der Waals surface area contributed by atoms with Crippen molar-refractivity contribution >= 4 is 17.2 Å². The molecule has 0 aliphatic carbocycles. The summed E-state index contributed by atoms with van der Waals surface area (Å²) in [5.41, 5.74) is 2.61. The van der Waals surface area contributed by atoms with Crippen LogP contribution in [0.1, 0.15) is 0 Å². The van der Waals surface area contributed by atoms with E-state index in [1.165, 1.54) is 4.52 Å². The number of halogens is 1. The topological polar surface area (TPSA) is 77.4 Å². The zero-order valence-electron chi connectivity index (χ0n) is 12.3. The van der Waals surface area contributed by atoms with Crippen molar-refractivity contribution in [2.24, 2.45) is 0 Å². The van der Waals surface area contributed by atoms with Gasteiger partial charge in [0.1, 0.15) is 0 Å². The highest BCUT2D eigenvalue weighted by molar-refractivity contribution is 6.30. The molecule has 4 aromatic rings. The predicted octanol–water partition coefficient (Wildman–Crippen LogP) is 3.06. The molecule has 0 saturated heterocycles. The van der Waals surface area contributed by atoms with Gasteiger partial charge in [-0.05, 0) is 35.2 Å². The number of benzene rings is 1. The molecule has 0 bridgehead atoms. The van der Waals surface area contributed by atoms with E-state index in [9.17, 15) is 10.3 Å². The van der Waals surface area contributed by atoms with Gasteiger partial charge in [0.15, 0.2) is 5.56 Å². The van der Waals surface area contributed by atoms with Crippen molar-refractivity contribution in [3.63, 3.8) is 0 Å². The number of rotatable bonds is 2. The van der Waals surface area contributed by atoms with E-state index in [0.717, 1.165) is 5.56 Å². The Hall–Kier alpha value is -3.12. The lowest BCUT2D eigenvalue weighted by Gasteiger charge is -2.02. The highest BCUT2D eigenvalue weighted by Gasteiger charge is 2.26. The van der Waals surface area contributed by atoms with E-state index < -0.39 is 5.88 Å². The van der Waals surface area contributed by atoms with Gasteiger partial charge < -0.3 is 10.3 Å².